The molecule has 0 atom stereocenters. The number of hydrogen-bond donors (Lipinski definition) is 2. The van der Waals surface area contributed by atoms with Crippen LogP contribution in [0.15, 0.2) is 53.4 Å². The molecule has 1 fully saturated rings. The van der Waals surface area contributed by atoms with Crippen LogP contribution in [-0.2, 0) is 15.6 Å². The van der Waals surface area contributed by atoms with E-state index in [0.717, 1.165) is 31.2 Å². The Morgan fingerprint density at radius 2 is 1.78 bits per heavy atom. The van der Waals surface area contributed by atoms with E-state index in [1.54, 1.807) is 31.2 Å². The maximum absolute atomic E-state index is 13.3. The van der Waals surface area contributed by atoms with E-state index in [-0.39, 0.29) is 28.7 Å². The first-order chi connectivity index (χ1) is 12.9. The fourth-order valence-electron chi connectivity index (χ4n) is 3.60. The lowest BCUT2D eigenvalue weighted by Gasteiger charge is -2.31. The molecule has 3 rings (SSSR count). The summed E-state index contributed by atoms with van der Waals surface area (Å²) in [5.41, 5.74) is 0.593. The minimum Gasteiger partial charge on any atom is -0.343 e. The zero-order valence-electron chi connectivity index (χ0n) is 15.2. The number of carbonyl (C=O) groups excluding carboxylic acids is 1. The third kappa shape index (κ3) is 4.20. The predicted molar refractivity (Wildman–Crippen MR) is 101 cm³/mol. The summed E-state index contributed by atoms with van der Waals surface area (Å²) in [7, 11) is -3.64. The molecule has 0 radical (unpaired) electrons. The fraction of sp³-hybridized carbons (Fsp3) is 0.350. The van der Waals surface area contributed by atoms with Crippen LogP contribution in [0, 0.1) is 5.82 Å². The van der Waals surface area contributed by atoms with Crippen LogP contribution in [0.5, 0.6) is 0 Å². The van der Waals surface area contributed by atoms with Crippen LogP contribution < -0.4 is 10.0 Å². The summed E-state index contributed by atoms with van der Waals surface area (Å²) in [6, 6.07) is 12.2. The molecule has 27 heavy (non-hydrogen) atoms. The highest BCUT2D eigenvalue weighted by Crippen LogP contribution is 2.39. The van der Waals surface area contributed by atoms with Gasteiger partial charge in [-0.2, -0.15) is 0 Å². The van der Waals surface area contributed by atoms with Crippen LogP contribution in [0.1, 0.15) is 48.5 Å². The molecule has 144 valence electrons. The zero-order chi connectivity index (χ0) is 19.5. The minimum absolute atomic E-state index is 0.0549. The highest BCUT2D eigenvalue weighted by Gasteiger charge is 2.37. The maximum Gasteiger partial charge on any atom is 0.252 e. The zero-order valence-corrected chi connectivity index (χ0v) is 16.0. The lowest BCUT2D eigenvalue weighted by molar-refractivity contribution is 0.0898. The van der Waals surface area contributed by atoms with Crippen molar-refractivity contribution in [2.75, 3.05) is 6.54 Å². The first kappa shape index (κ1) is 19.5. The van der Waals surface area contributed by atoms with Crippen LogP contribution in [0.25, 0.3) is 0 Å². The minimum atomic E-state index is -3.64. The van der Waals surface area contributed by atoms with Crippen molar-refractivity contribution >= 4 is 15.9 Å². The van der Waals surface area contributed by atoms with E-state index >= 15 is 0 Å². The number of hydrogen-bond acceptors (Lipinski definition) is 3. The average molecular weight is 390 g/mol. The molecule has 1 aliphatic rings. The number of benzene rings is 2. The molecule has 2 aromatic rings. The van der Waals surface area contributed by atoms with Gasteiger partial charge in [0.25, 0.3) is 5.91 Å². The summed E-state index contributed by atoms with van der Waals surface area (Å²) < 4.78 is 40.1. The summed E-state index contributed by atoms with van der Waals surface area (Å²) >= 11 is 0. The Kier molecular flexibility index (Phi) is 5.62. The van der Waals surface area contributed by atoms with Gasteiger partial charge in [-0.15, -0.1) is 0 Å². The summed E-state index contributed by atoms with van der Waals surface area (Å²) in [5, 5.41) is 3.08. The molecule has 0 aromatic heterocycles. The van der Waals surface area contributed by atoms with E-state index in [9.17, 15) is 17.6 Å². The van der Waals surface area contributed by atoms with Crippen molar-refractivity contribution in [3.05, 3.63) is 65.5 Å². The van der Waals surface area contributed by atoms with Crippen molar-refractivity contribution in [1.82, 2.24) is 10.0 Å². The molecular weight excluding hydrogens is 367 g/mol. The van der Waals surface area contributed by atoms with E-state index < -0.39 is 15.6 Å². The molecule has 2 N–H and O–H groups in total. The third-order valence-electron chi connectivity index (χ3n) is 4.95. The Hall–Kier alpha value is -2.25. The summed E-state index contributed by atoms with van der Waals surface area (Å²) in [5.74, 6) is -0.658. The quantitative estimate of drug-likeness (QED) is 0.794. The van der Waals surface area contributed by atoms with Crippen LogP contribution >= 0.6 is 0 Å². The molecule has 0 saturated heterocycles. The van der Waals surface area contributed by atoms with Crippen molar-refractivity contribution in [1.29, 1.82) is 0 Å². The lowest BCUT2D eigenvalue weighted by atomic mass is 9.87. The molecule has 1 amide bonds. The predicted octanol–water partition coefficient (Wildman–Crippen LogP) is 3.32. The van der Waals surface area contributed by atoms with Gasteiger partial charge in [0, 0.05) is 12.1 Å². The molecule has 0 aliphatic heterocycles. The molecule has 0 bridgehead atoms. The van der Waals surface area contributed by atoms with E-state index in [2.05, 4.69) is 10.0 Å². The van der Waals surface area contributed by atoms with Gasteiger partial charge in [-0.25, -0.2) is 17.5 Å². The maximum atomic E-state index is 13.3. The van der Waals surface area contributed by atoms with Crippen LogP contribution in [0.3, 0.4) is 0 Å². The van der Waals surface area contributed by atoms with Crippen molar-refractivity contribution in [2.24, 2.45) is 0 Å². The highest BCUT2D eigenvalue weighted by atomic mass is 32.2. The second kappa shape index (κ2) is 7.78. The average Bonchev–Trinajstić information content (AvgIpc) is 3.12. The van der Waals surface area contributed by atoms with Crippen LogP contribution in [-0.4, -0.2) is 20.9 Å². The molecule has 5 nitrogen and oxygen atoms in total. The first-order valence-electron chi connectivity index (χ1n) is 9.05. The van der Waals surface area contributed by atoms with Gasteiger partial charge in [-0.3, -0.25) is 4.79 Å². The van der Waals surface area contributed by atoms with Crippen LogP contribution in [0.2, 0.25) is 0 Å². The van der Waals surface area contributed by atoms with Crippen molar-refractivity contribution in [2.45, 2.75) is 43.0 Å². The van der Waals surface area contributed by atoms with Gasteiger partial charge in [0.2, 0.25) is 10.0 Å². The van der Waals surface area contributed by atoms with E-state index in [1.807, 2.05) is 0 Å². The second-order valence-corrected chi connectivity index (χ2v) is 8.55. The molecule has 0 unspecified atom stereocenters. The number of carbonyl (C=O) groups is 1. The fourth-order valence-corrected chi connectivity index (χ4v) is 4.69. The first-order valence-corrected chi connectivity index (χ1v) is 10.5. The highest BCUT2D eigenvalue weighted by molar-refractivity contribution is 7.89. The smallest absolute Gasteiger partial charge is 0.252 e. The topological polar surface area (TPSA) is 75.3 Å². The SMILES string of the molecule is CCNS(=O)(=O)c1cccc(C(=O)NC2(c3ccc(F)cc3)CCCC2)c1. The number of amides is 1. The van der Waals surface area contributed by atoms with Gasteiger partial charge >= 0.3 is 0 Å². The molecule has 7 heteroatoms. The van der Waals surface area contributed by atoms with E-state index in [4.69, 9.17) is 0 Å². The van der Waals surface area contributed by atoms with Gasteiger partial charge in [0.15, 0.2) is 0 Å². The molecule has 2 aromatic carbocycles. The van der Waals surface area contributed by atoms with Gasteiger partial charge in [-0.05, 0) is 48.7 Å². The molecular formula is C20H23FN2O3S. The van der Waals surface area contributed by atoms with E-state index in [1.165, 1.54) is 24.3 Å². The van der Waals surface area contributed by atoms with E-state index in [0.29, 0.717) is 0 Å². The molecule has 1 aliphatic carbocycles. The van der Waals surface area contributed by atoms with Gasteiger partial charge < -0.3 is 5.32 Å². The normalized spacial score (nSPS) is 16.2. The summed E-state index contributed by atoms with van der Waals surface area (Å²) in [6.45, 7) is 1.97. The largest absolute Gasteiger partial charge is 0.343 e. The Morgan fingerprint density at radius 3 is 2.41 bits per heavy atom. The monoisotopic (exact) mass is 390 g/mol. The van der Waals surface area contributed by atoms with Gasteiger partial charge in [-0.1, -0.05) is 38.0 Å². The van der Waals surface area contributed by atoms with Gasteiger partial charge in [0.05, 0.1) is 10.4 Å². The number of nitrogens with one attached hydrogen (secondary N) is 2. The Labute approximate surface area is 159 Å². The lowest BCUT2D eigenvalue weighted by Crippen LogP contribution is -2.43. The molecule has 0 spiro atoms. The van der Waals surface area contributed by atoms with Crippen molar-refractivity contribution in [3.8, 4) is 0 Å². The summed E-state index contributed by atoms with van der Waals surface area (Å²) in [4.78, 5) is 12.9. The number of sulfonamides is 1. The third-order valence-corrected chi connectivity index (χ3v) is 6.49. The molecule has 0 heterocycles. The number of rotatable bonds is 6. The number of halogens is 1. The Morgan fingerprint density at radius 1 is 1.11 bits per heavy atom. The Balaban J connectivity index is 1.88. The van der Waals surface area contributed by atoms with Crippen molar-refractivity contribution in [3.63, 3.8) is 0 Å². The van der Waals surface area contributed by atoms with Crippen LogP contribution in [0.4, 0.5) is 4.39 Å². The second-order valence-electron chi connectivity index (χ2n) is 6.78. The molecule has 1 saturated carbocycles. The van der Waals surface area contributed by atoms with Gasteiger partial charge in [0.1, 0.15) is 5.82 Å². The Bertz CT molecular complexity index is 920. The standard InChI is InChI=1S/C20H23FN2O3S/c1-2-22-27(25,26)18-7-5-6-15(14-18)19(24)23-20(12-3-4-13-20)16-8-10-17(21)11-9-16/h5-11,14,22H,2-4,12-13H2,1H3,(H,23,24). The van der Waals surface area contributed by atoms with Crippen molar-refractivity contribution < 1.29 is 17.6 Å². The summed E-state index contributed by atoms with van der Waals surface area (Å²) in [6.07, 6.45) is 3.46.